The third-order valence-corrected chi connectivity index (χ3v) is 3.10. The number of aldehydes is 1. The quantitative estimate of drug-likeness (QED) is 0.519. The Bertz CT molecular complexity index is 685. The molecule has 0 saturated carbocycles. The van der Waals surface area contributed by atoms with Crippen molar-refractivity contribution < 1.29 is 14.3 Å². The Hall–Kier alpha value is -2.69. The molecule has 2 rings (SSSR count). The van der Waals surface area contributed by atoms with E-state index >= 15 is 0 Å². The van der Waals surface area contributed by atoms with Gasteiger partial charge < -0.3 is 10.5 Å². The van der Waals surface area contributed by atoms with Gasteiger partial charge in [0, 0.05) is 17.5 Å². The molecule has 0 fully saturated rings. The summed E-state index contributed by atoms with van der Waals surface area (Å²) < 4.78 is 5.19. The standard InChI is InChI=1S/C16H16N2O3/c1-3-5-11(12-6-4-7-18-10(12)2)8-14-15(20)13(9-19)16(17)21-14/h4-9H,3,17H2,1-2H3/b11-5-,14-8-. The molecule has 1 aliphatic rings. The maximum atomic E-state index is 12.0. The zero-order valence-corrected chi connectivity index (χ0v) is 11.9. The fraction of sp³-hybridized carbons (Fsp3) is 0.188. The molecule has 1 aromatic heterocycles. The summed E-state index contributed by atoms with van der Waals surface area (Å²) in [5.41, 5.74) is 7.94. The van der Waals surface area contributed by atoms with Crippen molar-refractivity contribution in [1.29, 1.82) is 0 Å². The second-order valence-corrected chi connectivity index (χ2v) is 4.54. The summed E-state index contributed by atoms with van der Waals surface area (Å²) in [6.07, 6.45) is 6.46. The molecule has 1 aromatic rings. The molecular formula is C16H16N2O3. The third kappa shape index (κ3) is 2.91. The first-order valence-corrected chi connectivity index (χ1v) is 6.59. The van der Waals surface area contributed by atoms with Gasteiger partial charge in [0.25, 0.3) is 0 Å². The smallest absolute Gasteiger partial charge is 0.236 e. The molecule has 2 N–H and O–H groups in total. The summed E-state index contributed by atoms with van der Waals surface area (Å²) >= 11 is 0. The first-order valence-electron chi connectivity index (χ1n) is 6.59. The number of aryl methyl sites for hydroxylation is 1. The predicted molar refractivity (Wildman–Crippen MR) is 78.7 cm³/mol. The van der Waals surface area contributed by atoms with Crippen LogP contribution in [0.1, 0.15) is 24.6 Å². The van der Waals surface area contributed by atoms with Crippen LogP contribution in [0.4, 0.5) is 0 Å². The SMILES string of the molecule is CC/C=C(/C=C1\OC(N)=C(C=O)C1=O)c1cccnc1C. The molecule has 0 aromatic carbocycles. The second kappa shape index (κ2) is 6.17. The topological polar surface area (TPSA) is 82.3 Å². The Morgan fingerprint density at radius 1 is 1.48 bits per heavy atom. The van der Waals surface area contributed by atoms with Gasteiger partial charge in [0.05, 0.1) is 0 Å². The Morgan fingerprint density at radius 3 is 2.81 bits per heavy atom. The van der Waals surface area contributed by atoms with E-state index in [1.54, 1.807) is 12.3 Å². The molecule has 0 spiro atoms. The fourth-order valence-corrected chi connectivity index (χ4v) is 2.07. The Balaban J connectivity index is 2.42. The molecular weight excluding hydrogens is 268 g/mol. The molecule has 0 amide bonds. The van der Waals surface area contributed by atoms with Crippen LogP contribution in [0.3, 0.4) is 0 Å². The number of allylic oxidation sites excluding steroid dienone is 4. The molecule has 2 heterocycles. The maximum absolute atomic E-state index is 12.0. The number of ketones is 1. The maximum Gasteiger partial charge on any atom is 0.236 e. The van der Waals surface area contributed by atoms with E-state index in [9.17, 15) is 9.59 Å². The molecule has 5 heteroatoms. The van der Waals surface area contributed by atoms with Gasteiger partial charge in [-0.3, -0.25) is 14.6 Å². The Morgan fingerprint density at radius 2 is 2.24 bits per heavy atom. The van der Waals surface area contributed by atoms with E-state index in [4.69, 9.17) is 10.5 Å². The molecule has 0 atom stereocenters. The van der Waals surface area contributed by atoms with Crippen molar-refractivity contribution in [2.24, 2.45) is 5.73 Å². The van der Waals surface area contributed by atoms with Gasteiger partial charge in [0.2, 0.25) is 11.7 Å². The molecule has 21 heavy (non-hydrogen) atoms. The Kier molecular flexibility index (Phi) is 4.33. The summed E-state index contributed by atoms with van der Waals surface area (Å²) in [5.74, 6) is -0.594. The van der Waals surface area contributed by atoms with Crippen LogP contribution in [0.25, 0.3) is 5.57 Å². The lowest BCUT2D eigenvalue weighted by atomic mass is 10.0. The van der Waals surface area contributed by atoms with E-state index in [1.807, 2.05) is 32.1 Å². The monoisotopic (exact) mass is 284 g/mol. The van der Waals surface area contributed by atoms with Gasteiger partial charge in [0.1, 0.15) is 5.57 Å². The highest BCUT2D eigenvalue weighted by atomic mass is 16.5. The number of pyridine rings is 1. The summed E-state index contributed by atoms with van der Waals surface area (Å²) in [6, 6.07) is 3.74. The lowest BCUT2D eigenvalue weighted by Gasteiger charge is -2.07. The number of nitrogens with zero attached hydrogens (tertiary/aromatic N) is 1. The largest absolute Gasteiger partial charge is 0.437 e. The number of ether oxygens (including phenoxy) is 1. The average Bonchev–Trinajstić information content (AvgIpc) is 2.73. The predicted octanol–water partition coefficient (Wildman–Crippen LogP) is 2.04. The molecule has 0 saturated heterocycles. The van der Waals surface area contributed by atoms with E-state index in [0.29, 0.717) is 6.29 Å². The van der Waals surface area contributed by atoms with Crippen LogP contribution < -0.4 is 5.73 Å². The van der Waals surface area contributed by atoms with Gasteiger partial charge in [-0.2, -0.15) is 0 Å². The van der Waals surface area contributed by atoms with Crippen LogP contribution in [0.2, 0.25) is 0 Å². The lowest BCUT2D eigenvalue weighted by Crippen LogP contribution is -2.02. The van der Waals surface area contributed by atoms with Crippen molar-refractivity contribution in [2.45, 2.75) is 20.3 Å². The zero-order valence-electron chi connectivity index (χ0n) is 11.9. The van der Waals surface area contributed by atoms with Gasteiger partial charge in [0.15, 0.2) is 12.0 Å². The van der Waals surface area contributed by atoms with Crippen LogP contribution in [-0.2, 0) is 14.3 Å². The molecule has 0 radical (unpaired) electrons. The normalized spacial score (nSPS) is 17.3. The van der Waals surface area contributed by atoms with E-state index in [2.05, 4.69) is 4.98 Å². The number of nitrogens with two attached hydrogens (primary N) is 1. The number of aromatic nitrogens is 1. The first-order chi connectivity index (χ1) is 10.1. The number of hydrogen-bond donors (Lipinski definition) is 1. The van der Waals surface area contributed by atoms with Crippen molar-refractivity contribution in [3.05, 3.63) is 59.0 Å². The summed E-state index contributed by atoms with van der Waals surface area (Å²) in [5, 5.41) is 0. The first kappa shape index (κ1) is 14.7. The van der Waals surface area contributed by atoms with Gasteiger partial charge in [-0.1, -0.05) is 19.1 Å². The van der Waals surface area contributed by atoms with Gasteiger partial charge in [-0.05, 0) is 31.1 Å². The van der Waals surface area contributed by atoms with E-state index in [-0.39, 0.29) is 17.2 Å². The van der Waals surface area contributed by atoms with E-state index in [0.717, 1.165) is 23.3 Å². The van der Waals surface area contributed by atoms with Crippen molar-refractivity contribution in [1.82, 2.24) is 4.98 Å². The second-order valence-electron chi connectivity index (χ2n) is 4.54. The minimum Gasteiger partial charge on any atom is -0.437 e. The Labute approximate surface area is 122 Å². The summed E-state index contributed by atoms with van der Waals surface area (Å²) in [7, 11) is 0. The third-order valence-electron chi connectivity index (χ3n) is 3.10. The van der Waals surface area contributed by atoms with Crippen LogP contribution in [-0.4, -0.2) is 17.1 Å². The van der Waals surface area contributed by atoms with E-state index in [1.165, 1.54) is 0 Å². The highest BCUT2D eigenvalue weighted by Crippen LogP contribution is 2.26. The average molecular weight is 284 g/mol. The summed E-state index contributed by atoms with van der Waals surface area (Å²) in [6.45, 7) is 3.88. The number of hydrogen-bond acceptors (Lipinski definition) is 5. The van der Waals surface area contributed by atoms with Gasteiger partial charge in [-0.15, -0.1) is 0 Å². The van der Waals surface area contributed by atoms with Crippen LogP contribution in [0, 0.1) is 6.92 Å². The van der Waals surface area contributed by atoms with Crippen molar-refractivity contribution in [3.8, 4) is 0 Å². The van der Waals surface area contributed by atoms with E-state index < -0.39 is 5.78 Å². The van der Waals surface area contributed by atoms with Crippen LogP contribution in [0.5, 0.6) is 0 Å². The molecule has 0 bridgehead atoms. The minimum absolute atomic E-state index is 0.0533. The van der Waals surface area contributed by atoms with Crippen molar-refractivity contribution in [2.75, 3.05) is 0 Å². The number of carbonyl (C=O) groups is 2. The van der Waals surface area contributed by atoms with Crippen LogP contribution in [0.15, 0.2) is 47.7 Å². The van der Waals surface area contributed by atoms with Crippen molar-refractivity contribution in [3.63, 3.8) is 0 Å². The lowest BCUT2D eigenvalue weighted by molar-refractivity contribution is -0.115. The summed E-state index contributed by atoms with van der Waals surface area (Å²) in [4.78, 5) is 27.1. The molecule has 0 unspecified atom stereocenters. The molecule has 5 nitrogen and oxygen atoms in total. The highest BCUT2D eigenvalue weighted by Gasteiger charge is 2.29. The molecule has 0 aliphatic carbocycles. The van der Waals surface area contributed by atoms with Gasteiger partial charge >= 0.3 is 0 Å². The highest BCUT2D eigenvalue weighted by molar-refractivity contribution is 6.21. The molecule has 108 valence electrons. The number of Topliss-reactive ketones (excluding diaryl/α,β-unsaturated/α-hetero) is 1. The van der Waals surface area contributed by atoms with Crippen LogP contribution >= 0.6 is 0 Å². The zero-order chi connectivity index (χ0) is 15.4. The minimum atomic E-state index is -0.494. The number of rotatable bonds is 4. The van der Waals surface area contributed by atoms with Crippen molar-refractivity contribution >= 4 is 17.6 Å². The number of carbonyl (C=O) groups excluding carboxylic acids is 2. The van der Waals surface area contributed by atoms with Gasteiger partial charge in [-0.25, -0.2) is 0 Å². The molecule has 1 aliphatic heterocycles. The fourth-order valence-electron chi connectivity index (χ4n) is 2.07.